The molecule has 0 fully saturated rings. The van der Waals surface area contributed by atoms with Crippen LogP contribution in [0.15, 0.2) is 11.0 Å². The maximum absolute atomic E-state index is 10.8. The molecule has 4 heteroatoms. The summed E-state index contributed by atoms with van der Waals surface area (Å²) in [5, 5.41) is 0.120. The van der Waals surface area contributed by atoms with Crippen molar-refractivity contribution in [1.82, 2.24) is 0 Å². The van der Waals surface area contributed by atoms with Gasteiger partial charge in [0.1, 0.15) is 7.85 Å². The van der Waals surface area contributed by atoms with Crippen LogP contribution in [-0.4, -0.2) is 13.0 Å². The van der Waals surface area contributed by atoms with Crippen molar-refractivity contribution >= 4 is 48.1 Å². The lowest BCUT2D eigenvalue weighted by atomic mass is 10.1. The molecule has 0 amide bonds. The van der Waals surface area contributed by atoms with Gasteiger partial charge in [-0.15, -0.1) is 17.3 Å². The van der Waals surface area contributed by atoms with Gasteiger partial charge in [0.15, 0.2) is 0 Å². The van der Waals surface area contributed by atoms with Crippen LogP contribution in [0.1, 0.15) is 0 Å². The first-order chi connectivity index (χ1) is 5.29. The van der Waals surface area contributed by atoms with Crippen molar-refractivity contribution in [2.24, 2.45) is 0 Å². The highest BCUT2D eigenvalue weighted by atomic mass is 32.2. The van der Waals surface area contributed by atoms with E-state index in [1.54, 1.807) is 23.4 Å². The van der Waals surface area contributed by atoms with E-state index in [-0.39, 0.29) is 5.12 Å². The summed E-state index contributed by atoms with van der Waals surface area (Å²) < 4.78 is 2.06. The summed E-state index contributed by atoms with van der Waals surface area (Å²) in [5.41, 5.74) is 0. The molecule has 0 spiro atoms. The third-order valence-corrected chi connectivity index (χ3v) is 3.42. The first-order valence-corrected chi connectivity index (χ1v) is 4.68. The van der Waals surface area contributed by atoms with E-state index >= 15 is 0 Å². The molecule has 1 nitrogen and oxygen atoms in total. The number of hydrogen-bond acceptors (Lipinski definition) is 3. The molecule has 1 aromatic heterocycles. The van der Waals surface area contributed by atoms with Crippen molar-refractivity contribution in [1.29, 1.82) is 0 Å². The molecule has 0 saturated carbocycles. The second-order valence-corrected chi connectivity index (χ2v) is 4.27. The van der Waals surface area contributed by atoms with Gasteiger partial charge in [0, 0.05) is 20.0 Å². The molecular weight excluding hydrogens is 175 g/mol. The van der Waals surface area contributed by atoms with Gasteiger partial charge in [0.05, 0.1) is 0 Å². The highest BCUT2D eigenvalue weighted by Crippen LogP contribution is 2.20. The molecule has 52 valence electrons. The van der Waals surface area contributed by atoms with Crippen LogP contribution >= 0.6 is 23.1 Å². The van der Waals surface area contributed by atoms with Crippen LogP contribution in [0.25, 0.3) is 12.1 Å². The van der Waals surface area contributed by atoms with E-state index in [0.717, 1.165) is 14.0 Å². The second kappa shape index (κ2) is 2.53. The number of thioether (sulfide) groups is 1. The Bertz CT molecular complexity index is 418. The molecular formula is C7H3BOS2. The molecule has 0 N–H and O–H groups in total. The Kier molecular flexibility index (Phi) is 1.66. The number of carbonyl (C=O) groups excluding carboxylic acids is 1. The zero-order valence-corrected chi connectivity index (χ0v) is 7.17. The average molecular weight is 178 g/mol. The maximum atomic E-state index is 10.8. The van der Waals surface area contributed by atoms with E-state index in [1.807, 2.05) is 6.07 Å². The van der Waals surface area contributed by atoms with Crippen molar-refractivity contribution in [2.75, 3.05) is 0 Å². The van der Waals surface area contributed by atoms with Crippen LogP contribution in [-0.2, 0) is 4.79 Å². The van der Waals surface area contributed by atoms with Crippen molar-refractivity contribution in [3.63, 3.8) is 0 Å². The molecule has 0 aliphatic carbocycles. The Labute approximate surface area is 73.2 Å². The molecule has 2 radical (unpaired) electrons. The fraction of sp³-hybridized carbons (Fsp3) is 0. The standard InChI is InChI=1S/C7H3BOS2/c8-3-4-1-5-6(10-4)2-7(9)11-5/h1-3H/b4-3+. The molecule has 2 heterocycles. The Hall–Kier alpha value is -0.475. The van der Waals surface area contributed by atoms with Crippen LogP contribution < -0.4 is 9.06 Å². The van der Waals surface area contributed by atoms with Crippen molar-refractivity contribution in [3.05, 3.63) is 15.1 Å². The summed E-state index contributed by atoms with van der Waals surface area (Å²) in [7, 11) is 5.32. The number of rotatable bonds is 0. The van der Waals surface area contributed by atoms with Gasteiger partial charge in [0.25, 0.3) is 0 Å². The van der Waals surface area contributed by atoms with Gasteiger partial charge < -0.3 is 0 Å². The van der Waals surface area contributed by atoms with E-state index in [2.05, 4.69) is 0 Å². The smallest absolute Gasteiger partial charge is 0.218 e. The van der Waals surface area contributed by atoms with Gasteiger partial charge in [-0.1, -0.05) is 0 Å². The summed E-state index contributed by atoms with van der Waals surface area (Å²) in [6, 6.07) is 1.94. The SMILES string of the molecule is [B]/C=c1\cc2c(s1)=CC(=O)S2. The van der Waals surface area contributed by atoms with Crippen LogP contribution in [0.5, 0.6) is 0 Å². The summed E-state index contributed by atoms with van der Waals surface area (Å²) >= 11 is 2.82. The molecule has 1 aliphatic heterocycles. The van der Waals surface area contributed by atoms with Gasteiger partial charge in [-0.2, -0.15) is 0 Å². The predicted octanol–water partition coefficient (Wildman–Crippen LogP) is 0.0674. The fourth-order valence-electron chi connectivity index (χ4n) is 0.914. The quantitative estimate of drug-likeness (QED) is 0.523. The predicted molar refractivity (Wildman–Crippen MR) is 49.1 cm³/mol. The second-order valence-electron chi connectivity index (χ2n) is 2.11. The van der Waals surface area contributed by atoms with E-state index in [4.69, 9.17) is 7.85 Å². The van der Waals surface area contributed by atoms with Crippen LogP contribution in [0, 0.1) is 0 Å². The van der Waals surface area contributed by atoms with Gasteiger partial charge in [-0.3, -0.25) is 4.79 Å². The summed E-state index contributed by atoms with van der Waals surface area (Å²) in [4.78, 5) is 11.9. The molecule has 0 unspecified atom stereocenters. The van der Waals surface area contributed by atoms with E-state index < -0.39 is 0 Å². The normalized spacial score (nSPS) is 16.7. The van der Waals surface area contributed by atoms with Crippen LogP contribution in [0.3, 0.4) is 0 Å². The Morgan fingerprint density at radius 1 is 1.55 bits per heavy atom. The summed E-state index contributed by atoms with van der Waals surface area (Å²) in [5.74, 6) is 1.56. The molecule has 0 bridgehead atoms. The van der Waals surface area contributed by atoms with Crippen LogP contribution in [0.2, 0.25) is 0 Å². The third kappa shape index (κ3) is 1.16. The lowest BCUT2D eigenvalue weighted by Crippen LogP contribution is -1.91. The molecule has 0 aromatic carbocycles. The Balaban J connectivity index is 2.73. The zero-order valence-electron chi connectivity index (χ0n) is 5.53. The molecule has 0 saturated heterocycles. The number of fused-ring (bicyclic) bond motifs is 1. The topological polar surface area (TPSA) is 17.1 Å². The minimum Gasteiger partial charge on any atom is -0.282 e. The van der Waals surface area contributed by atoms with Gasteiger partial charge >= 0.3 is 0 Å². The van der Waals surface area contributed by atoms with Gasteiger partial charge in [-0.25, -0.2) is 0 Å². The first kappa shape index (κ1) is 7.19. The fourth-order valence-corrected chi connectivity index (χ4v) is 2.88. The highest BCUT2D eigenvalue weighted by molar-refractivity contribution is 8.15. The highest BCUT2D eigenvalue weighted by Gasteiger charge is 2.12. The number of hydrogen-bond donors (Lipinski definition) is 0. The monoisotopic (exact) mass is 178 g/mol. The zero-order chi connectivity index (χ0) is 7.84. The van der Waals surface area contributed by atoms with Crippen molar-refractivity contribution in [2.45, 2.75) is 4.90 Å². The first-order valence-electron chi connectivity index (χ1n) is 3.05. The average Bonchev–Trinajstić information content (AvgIpc) is 2.43. The van der Waals surface area contributed by atoms with E-state index in [9.17, 15) is 4.79 Å². The molecule has 2 rings (SSSR count). The third-order valence-electron chi connectivity index (χ3n) is 1.37. The van der Waals surface area contributed by atoms with E-state index in [0.29, 0.717) is 0 Å². The molecule has 11 heavy (non-hydrogen) atoms. The van der Waals surface area contributed by atoms with Gasteiger partial charge in [-0.05, 0) is 17.8 Å². The minimum absolute atomic E-state index is 0.120. The lowest BCUT2D eigenvalue weighted by Gasteiger charge is -1.79. The number of thiophene rings is 1. The maximum Gasteiger partial charge on any atom is 0.218 e. The van der Waals surface area contributed by atoms with Gasteiger partial charge in [0.2, 0.25) is 5.12 Å². The molecule has 1 aliphatic rings. The minimum atomic E-state index is 0.120. The molecule has 0 atom stereocenters. The van der Waals surface area contributed by atoms with Crippen LogP contribution in [0.4, 0.5) is 0 Å². The summed E-state index contributed by atoms with van der Waals surface area (Å²) in [6.07, 6.45) is 1.65. The largest absolute Gasteiger partial charge is 0.282 e. The molecule has 1 aromatic rings. The number of carbonyl (C=O) groups is 1. The Morgan fingerprint density at radius 2 is 2.36 bits per heavy atom. The van der Waals surface area contributed by atoms with Crippen molar-refractivity contribution in [3.8, 4) is 0 Å². The van der Waals surface area contributed by atoms with E-state index in [1.165, 1.54) is 11.8 Å². The Morgan fingerprint density at radius 3 is 3.00 bits per heavy atom. The van der Waals surface area contributed by atoms with Crippen molar-refractivity contribution < 1.29 is 4.79 Å². The lowest BCUT2D eigenvalue weighted by molar-refractivity contribution is -0.105. The summed E-state index contributed by atoms with van der Waals surface area (Å²) in [6.45, 7) is 0.